The highest BCUT2D eigenvalue weighted by Crippen LogP contribution is 2.36. The molecule has 7 rings (SSSR count). The summed E-state index contributed by atoms with van der Waals surface area (Å²) < 4.78 is 23.7. The van der Waals surface area contributed by atoms with Crippen LogP contribution in [0.2, 0.25) is 10.0 Å². The summed E-state index contributed by atoms with van der Waals surface area (Å²) in [5, 5.41) is 13.6. The van der Waals surface area contributed by atoms with Crippen LogP contribution in [0.5, 0.6) is 11.5 Å². The maximum atomic E-state index is 13.5. The lowest BCUT2D eigenvalue weighted by molar-refractivity contribution is -0.904. The molecule has 0 amide bonds. The lowest BCUT2D eigenvalue weighted by Gasteiger charge is -2.44. The Morgan fingerprint density at radius 2 is 1.72 bits per heavy atom. The predicted octanol–water partition coefficient (Wildman–Crippen LogP) is 5.54. The van der Waals surface area contributed by atoms with E-state index in [2.05, 4.69) is 15.2 Å². The molecule has 0 saturated carbocycles. The van der Waals surface area contributed by atoms with Crippen LogP contribution in [0.25, 0.3) is 0 Å². The monoisotopic (exact) mass is 721 g/mol. The maximum Gasteiger partial charge on any atom is 0.338 e. The van der Waals surface area contributed by atoms with E-state index >= 15 is 0 Å². The molecule has 0 spiro atoms. The van der Waals surface area contributed by atoms with E-state index in [0.29, 0.717) is 46.2 Å². The van der Waals surface area contributed by atoms with E-state index in [1.165, 1.54) is 26.6 Å². The Labute approximate surface area is 300 Å². The summed E-state index contributed by atoms with van der Waals surface area (Å²) in [7, 11) is 3.05. The van der Waals surface area contributed by atoms with Gasteiger partial charge in [-0.3, -0.25) is 20.4 Å². The Hall–Kier alpha value is -4.42. The van der Waals surface area contributed by atoms with Gasteiger partial charge in [-0.2, -0.15) is 0 Å². The second-order valence-electron chi connectivity index (χ2n) is 12.4. The number of nitrogens with zero attached hydrogens (tertiary/aromatic N) is 3. The normalized spacial score (nSPS) is 19.3. The summed E-state index contributed by atoms with van der Waals surface area (Å²) in [6, 6.07) is 15.1. The fourth-order valence-corrected chi connectivity index (χ4v) is 7.13. The number of nitrogens with one attached hydrogen (secondary N) is 1. The summed E-state index contributed by atoms with van der Waals surface area (Å²) in [5.41, 5.74) is 3.00. The number of hydrogen-bond acceptors (Lipinski definition) is 10. The van der Waals surface area contributed by atoms with Gasteiger partial charge >= 0.3 is 11.9 Å². The molecular formula is C37H39Cl2N4O7+. The van der Waals surface area contributed by atoms with Gasteiger partial charge in [-0.25, -0.2) is 9.59 Å². The molecule has 0 radical (unpaired) electrons. The fourth-order valence-electron chi connectivity index (χ4n) is 6.52. The molecule has 1 unspecified atom stereocenters. The van der Waals surface area contributed by atoms with Crippen molar-refractivity contribution in [1.29, 1.82) is 0 Å². The van der Waals surface area contributed by atoms with Crippen molar-refractivity contribution in [3.05, 3.63) is 117 Å². The quantitative estimate of drug-likeness (QED) is 0.103. The Bertz CT molecular complexity index is 1780. The van der Waals surface area contributed by atoms with Crippen molar-refractivity contribution < 1.29 is 38.5 Å². The number of fused-ring (bicyclic) bond motifs is 3. The first-order valence-corrected chi connectivity index (χ1v) is 17.1. The third kappa shape index (κ3) is 8.30. The van der Waals surface area contributed by atoms with Gasteiger partial charge in [-0.1, -0.05) is 47.5 Å². The van der Waals surface area contributed by atoms with E-state index in [4.69, 9.17) is 42.1 Å². The van der Waals surface area contributed by atoms with Gasteiger partial charge in [-0.05, 0) is 78.9 Å². The van der Waals surface area contributed by atoms with Gasteiger partial charge in [0.25, 0.3) is 0 Å². The summed E-state index contributed by atoms with van der Waals surface area (Å²) in [4.78, 5) is 33.6. The van der Waals surface area contributed by atoms with Gasteiger partial charge in [-0.15, -0.1) is 0 Å². The molecule has 11 nitrogen and oxygen atoms in total. The van der Waals surface area contributed by atoms with E-state index < -0.39 is 18.1 Å². The molecule has 3 aliphatic rings. The third-order valence-electron chi connectivity index (χ3n) is 9.30. The summed E-state index contributed by atoms with van der Waals surface area (Å²) in [6.07, 6.45) is 7.22. The molecular weight excluding hydrogens is 683 g/mol. The number of esters is 2. The molecule has 2 aromatic heterocycles. The van der Waals surface area contributed by atoms with Gasteiger partial charge < -0.3 is 18.9 Å². The molecule has 5 heterocycles. The standard InChI is InChI=1S/C37H39Cl2N4O7/c1-47-31-10-9-26(16-33(31)48-2)32(17-28-29(38)20-43(46)21-30(28)39)49-36(44)25-7-5-23(6-8-25)18-41-35(27-4-3-13-40-19-27)37(45)50-34-22-42-14-11-24(34)12-15-42/h3-10,13,16,19-21,24,32,34-35,41,46H,11-12,14-15,17-18,22H2,1-2H3/q+1/t32-,34-,35?/m0/s1. The number of piperidine rings is 3. The van der Waals surface area contributed by atoms with E-state index in [9.17, 15) is 14.8 Å². The average Bonchev–Trinajstić information content (AvgIpc) is 3.13. The first kappa shape index (κ1) is 35.4. The number of halogens is 2. The molecule has 2 bridgehead atoms. The molecule has 2 aromatic carbocycles. The molecule has 4 aromatic rings. The summed E-state index contributed by atoms with van der Waals surface area (Å²) >= 11 is 12.9. The van der Waals surface area contributed by atoms with Crippen molar-refractivity contribution in [1.82, 2.24) is 15.2 Å². The van der Waals surface area contributed by atoms with Crippen LogP contribution in [0.4, 0.5) is 0 Å². The van der Waals surface area contributed by atoms with Crippen molar-refractivity contribution in [2.75, 3.05) is 33.9 Å². The molecule has 50 heavy (non-hydrogen) atoms. The number of ether oxygens (including phenoxy) is 4. The first-order chi connectivity index (χ1) is 24.2. The fraction of sp³-hybridized carbons (Fsp3) is 0.351. The van der Waals surface area contributed by atoms with E-state index in [1.807, 2.05) is 6.07 Å². The molecule has 3 saturated heterocycles. The first-order valence-electron chi connectivity index (χ1n) is 16.4. The Morgan fingerprint density at radius 1 is 1.00 bits per heavy atom. The number of carbonyl (C=O) groups excluding carboxylic acids is 2. The lowest BCUT2D eigenvalue weighted by atomic mass is 9.86. The number of aromatic nitrogens is 2. The second-order valence-corrected chi connectivity index (χ2v) is 13.3. The predicted molar refractivity (Wildman–Crippen MR) is 185 cm³/mol. The molecule has 3 fully saturated rings. The number of rotatable bonds is 13. The van der Waals surface area contributed by atoms with Crippen molar-refractivity contribution in [3.8, 4) is 11.5 Å². The minimum atomic E-state index is -0.823. The van der Waals surface area contributed by atoms with Crippen LogP contribution < -0.4 is 19.5 Å². The molecule has 13 heteroatoms. The topological polar surface area (TPSA) is 123 Å². The van der Waals surface area contributed by atoms with Crippen LogP contribution in [0, 0.1) is 5.92 Å². The minimum absolute atomic E-state index is 0.112. The van der Waals surface area contributed by atoms with E-state index in [0.717, 1.165) is 42.8 Å². The number of methoxy groups -OCH3 is 2. The Kier molecular flexibility index (Phi) is 11.4. The zero-order chi connectivity index (χ0) is 35.2. The minimum Gasteiger partial charge on any atom is -0.493 e. The van der Waals surface area contributed by atoms with Crippen LogP contribution in [-0.2, 0) is 27.2 Å². The summed E-state index contributed by atoms with van der Waals surface area (Å²) in [6.45, 7) is 3.23. The van der Waals surface area contributed by atoms with Gasteiger partial charge in [0.2, 0.25) is 12.4 Å². The van der Waals surface area contributed by atoms with Crippen LogP contribution in [0.3, 0.4) is 0 Å². The highest BCUT2D eigenvalue weighted by Gasteiger charge is 2.38. The van der Waals surface area contributed by atoms with Crippen LogP contribution in [0.15, 0.2) is 79.4 Å². The number of carbonyl (C=O) groups is 2. The average molecular weight is 723 g/mol. The van der Waals surface area contributed by atoms with E-state index in [1.54, 1.807) is 60.9 Å². The van der Waals surface area contributed by atoms with Crippen molar-refractivity contribution in [2.45, 2.75) is 44.1 Å². The van der Waals surface area contributed by atoms with Gasteiger partial charge in [0.15, 0.2) is 11.5 Å². The largest absolute Gasteiger partial charge is 0.493 e. The third-order valence-corrected chi connectivity index (χ3v) is 9.95. The van der Waals surface area contributed by atoms with Crippen LogP contribution in [0.1, 0.15) is 57.6 Å². The maximum absolute atomic E-state index is 13.5. The molecule has 0 aliphatic carbocycles. The Balaban J connectivity index is 1.16. The van der Waals surface area contributed by atoms with Gasteiger partial charge in [0.1, 0.15) is 28.3 Å². The molecule has 262 valence electrons. The van der Waals surface area contributed by atoms with Gasteiger partial charge in [0.05, 0.1) is 19.8 Å². The van der Waals surface area contributed by atoms with Crippen molar-refractivity contribution in [3.63, 3.8) is 0 Å². The van der Waals surface area contributed by atoms with Crippen LogP contribution >= 0.6 is 23.2 Å². The van der Waals surface area contributed by atoms with Crippen LogP contribution in [-0.4, -0.2) is 67.0 Å². The van der Waals surface area contributed by atoms with Gasteiger partial charge in [0, 0.05) is 42.2 Å². The van der Waals surface area contributed by atoms with Crippen molar-refractivity contribution >= 4 is 35.1 Å². The lowest BCUT2D eigenvalue weighted by Crippen LogP contribution is -2.52. The zero-order valence-corrected chi connectivity index (χ0v) is 29.3. The zero-order valence-electron chi connectivity index (χ0n) is 27.8. The highest BCUT2D eigenvalue weighted by molar-refractivity contribution is 6.35. The van der Waals surface area contributed by atoms with E-state index in [-0.39, 0.29) is 28.5 Å². The molecule has 3 atom stereocenters. The second kappa shape index (κ2) is 16.1. The Morgan fingerprint density at radius 3 is 2.34 bits per heavy atom. The molecule has 2 N–H and O–H groups in total. The van der Waals surface area contributed by atoms with Crippen molar-refractivity contribution in [2.24, 2.45) is 5.92 Å². The smallest absolute Gasteiger partial charge is 0.338 e. The number of pyridine rings is 2. The SMILES string of the molecule is COc1ccc([C@H](Cc2c(Cl)c[n+](O)cc2Cl)OC(=O)c2ccc(CNC(C(=O)O[C@H]3CN4CCC3CC4)c3cccnc3)cc2)cc1OC. The number of benzene rings is 2. The summed E-state index contributed by atoms with van der Waals surface area (Å²) in [5.74, 6) is 0.468. The number of hydrogen-bond donors (Lipinski definition) is 2. The highest BCUT2D eigenvalue weighted by atomic mass is 35.5. The molecule has 3 aliphatic heterocycles.